The number of benzene rings is 1. The largest absolute Gasteiger partial charge is 0.355 e. The molecule has 6 nitrogen and oxygen atoms in total. The van der Waals surface area contributed by atoms with Crippen molar-refractivity contribution in [3.63, 3.8) is 0 Å². The predicted octanol–water partition coefficient (Wildman–Crippen LogP) is 2.40. The molecule has 3 rings (SSSR count). The number of aromatic nitrogens is 2. The van der Waals surface area contributed by atoms with Crippen LogP contribution in [0.5, 0.6) is 0 Å². The Bertz CT molecular complexity index is 797. The van der Waals surface area contributed by atoms with Crippen LogP contribution >= 0.6 is 15.9 Å². The van der Waals surface area contributed by atoms with Gasteiger partial charge in [0.15, 0.2) is 0 Å². The molecule has 1 aliphatic rings. The number of aryl methyl sites for hydroxylation is 1. The quantitative estimate of drug-likeness (QED) is 0.873. The second kappa shape index (κ2) is 7.17. The van der Waals surface area contributed by atoms with Gasteiger partial charge in [0.25, 0.3) is 5.56 Å². The van der Waals surface area contributed by atoms with Gasteiger partial charge in [-0.15, -0.1) is 0 Å². The molecule has 1 aromatic heterocycles. The summed E-state index contributed by atoms with van der Waals surface area (Å²) in [6.45, 7) is 1.50. The summed E-state index contributed by atoms with van der Waals surface area (Å²) in [7, 11) is 1.64. The molecular formula is C17H19BrN4O2. The van der Waals surface area contributed by atoms with Crippen molar-refractivity contribution in [2.45, 2.75) is 12.8 Å². The Morgan fingerprint density at radius 1 is 1.21 bits per heavy atom. The molecule has 0 aliphatic carbocycles. The number of para-hydroxylation sites is 1. The zero-order chi connectivity index (χ0) is 17.1. The monoisotopic (exact) mass is 390 g/mol. The second-order valence-corrected chi connectivity index (χ2v) is 6.74. The van der Waals surface area contributed by atoms with E-state index in [1.165, 1.54) is 10.7 Å². The molecule has 0 unspecified atom stereocenters. The number of nitrogens with one attached hydrogen (secondary N) is 1. The Kier molecular flexibility index (Phi) is 4.99. The van der Waals surface area contributed by atoms with Crippen molar-refractivity contribution in [2.75, 3.05) is 23.3 Å². The number of carbonyl (C=O) groups excluding carboxylic acids is 1. The van der Waals surface area contributed by atoms with E-state index in [1.807, 2.05) is 24.3 Å². The first kappa shape index (κ1) is 16.7. The molecule has 1 amide bonds. The highest BCUT2D eigenvalue weighted by Gasteiger charge is 2.26. The molecule has 0 atom stereocenters. The lowest BCUT2D eigenvalue weighted by Gasteiger charge is -2.32. The van der Waals surface area contributed by atoms with E-state index in [4.69, 9.17) is 0 Å². The lowest BCUT2D eigenvalue weighted by atomic mass is 9.96. The van der Waals surface area contributed by atoms with Gasteiger partial charge in [-0.2, -0.15) is 5.10 Å². The van der Waals surface area contributed by atoms with E-state index in [0.717, 1.165) is 41.9 Å². The highest BCUT2D eigenvalue weighted by molar-refractivity contribution is 9.10. The van der Waals surface area contributed by atoms with Gasteiger partial charge in [0.05, 0.1) is 5.69 Å². The normalized spacial score (nSPS) is 15.3. The van der Waals surface area contributed by atoms with Gasteiger partial charge in [-0.25, -0.2) is 4.68 Å². The van der Waals surface area contributed by atoms with Gasteiger partial charge in [-0.1, -0.05) is 12.1 Å². The molecule has 0 saturated carbocycles. The fraction of sp³-hybridized carbons (Fsp3) is 0.353. The Morgan fingerprint density at radius 3 is 2.58 bits per heavy atom. The first-order chi connectivity index (χ1) is 11.5. The molecule has 1 fully saturated rings. The molecule has 1 saturated heterocycles. The van der Waals surface area contributed by atoms with Crippen LogP contribution in [0.15, 0.2) is 45.7 Å². The molecule has 24 heavy (non-hydrogen) atoms. The van der Waals surface area contributed by atoms with Gasteiger partial charge in [0, 0.05) is 36.6 Å². The van der Waals surface area contributed by atoms with Crippen molar-refractivity contribution in [1.29, 1.82) is 0 Å². The number of amides is 1. The van der Waals surface area contributed by atoms with Crippen molar-refractivity contribution in [3.8, 4) is 0 Å². The molecule has 7 heteroatoms. The van der Waals surface area contributed by atoms with Crippen molar-refractivity contribution in [3.05, 3.63) is 51.2 Å². The van der Waals surface area contributed by atoms with Crippen LogP contribution in [0, 0.1) is 5.92 Å². The maximum Gasteiger partial charge on any atom is 0.266 e. The van der Waals surface area contributed by atoms with Gasteiger partial charge >= 0.3 is 0 Å². The third-order valence-corrected chi connectivity index (χ3v) is 4.96. The standard InChI is InChI=1S/C17H19BrN4O2/c1-21-16(23)7-6-15(20-21)22-10-8-12(9-11-22)17(24)19-14-5-3-2-4-13(14)18/h2-7,12H,8-11H2,1H3,(H,19,24). The minimum Gasteiger partial charge on any atom is -0.355 e. The number of piperidine rings is 1. The zero-order valence-electron chi connectivity index (χ0n) is 13.4. The number of hydrogen-bond donors (Lipinski definition) is 1. The summed E-state index contributed by atoms with van der Waals surface area (Å²) >= 11 is 3.44. The third-order valence-electron chi connectivity index (χ3n) is 4.27. The van der Waals surface area contributed by atoms with E-state index < -0.39 is 0 Å². The Labute approximate surface area is 148 Å². The Balaban J connectivity index is 1.60. The lowest BCUT2D eigenvalue weighted by Crippen LogP contribution is -2.39. The molecule has 1 aromatic carbocycles. The molecule has 126 valence electrons. The Hall–Kier alpha value is -2.15. The molecule has 1 N–H and O–H groups in total. The third kappa shape index (κ3) is 3.67. The van der Waals surface area contributed by atoms with Crippen LogP contribution < -0.4 is 15.8 Å². The number of anilines is 2. The summed E-state index contributed by atoms with van der Waals surface area (Å²) in [5, 5.41) is 7.25. The second-order valence-electron chi connectivity index (χ2n) is 5.88. The number of nitrogens with zero attached hydrogens (tertiary/aromatic N) is 3. The first-order valence-corrected chi connectivity index (χ1v) is 8.68. The minimum atomic E-state index is -0.124. The number of rotatable bonds is 3. The molecular weight excluding hydrogens is 372 g/mol. The highest BCUT2D eigenvalue weighted by Crippen LogP contribution is 2.25. The van der Waals surface area contributed by atoms with Gasteiger partial charge in [-0.3, -0.25) is 9.59 Å². The molecule has 2 aromatic rings. The summed E-state index contributed by atoms with van der Waals surface area (Å²) in [5.74, 6) is 0.817. The fourth-order valence-corrected chi connectivity index (χ4v) is 3.21. The minimum absolute atomic E-state index is 0.0131. The van der Waals surface area contributed by atoms with E-state index >= 15 is 0 Å². The lowest BCUT2D eigenvalue weighted by molar-refractivity contribution is -0.120. The van der Waals surface area contributed by atoms with Crippen molar-refractivity contribution < 1.29 is 4.79 Å². The average Bonchev–Trinajstić information content (AvgIpc) is 2.59. The van der Waals surface area contributed by atoms with Gasteiger partial charge in [-0.05, 0) is 47.0 Å². The van der Waals surface area contributed by atoms with Gasteiger partial charge in [0.2, 0.25) is 5.91 Å². The van der Waals surface area contributed by atoms with Crippen LogP contribution in [0.3, 0.4) is 0 Å². The maximum atomic E-state index is 12.5. The van der Waals surface area contributed by atoms with Crippen LogP contribution in [-0.4, -0.2) is 28.8 Å². The molecule has 2 heterocycles. The maximum absolute atomic E-state index is 12.5. The van der Waals surface area contributed by atoms with Gasteiger partial charge in [0.1, 0.15) is 5.82 Å². The number of halogens is 1. The van der Waals surface area contributed by atoms with E-state index in [9.17, 15) is 9.59 Å². The Morgan fingerprint density at radius 2 is 1.92 bits per heavy atom. The van der Waals surface area contributed by atoms with E-state index in [0.29, 0.717) is 0 Å². The smallest absolute Gasteiger partial charge is 0.266 e. The van der Waals surface area contributed by atoms with E-state index in [-0.39, 0.29) is 17.4 Å². The molecule has 0 spiro atoms. The summed E-state index contributed by atoms with van der Waals surface area (Å²) in [6, 6.07) is 10.9. The van der Waals surface area contributed by atoms with Gasteiger partial charge < -0.3 is 10.2 Å². The molecule has 0 radical (unpaired) electrons. The molecule has 1 aliphatic heterocycles. The van der Waals surface area contributed by atoms with Crippen LogP contribution in [0.2, 0.25) is 0 Å². The fourth-order valence-electron chi connectivity index (χ4n) is 2.83. The van der Waals surface area contributed by atoms with Crippen LogP contribution in [0.4, 0.5) is 11.5 Å². The SMILES string of the molecule is Cn1nc(N2CCC(C(=O)Nc3ccccc3Br)CC2)ccc1=O. The van der Waals surface area contributed by atoms with E-state index in [2.05, 4.69) is 31.2 Å². The van der Waals surface area contributed by atoms with E-state index in [1.54, 1.807) is 13.1 Å². The van der Waals surface area contributed by atoms with Crippen molar-refractivity contribution in [2.24, 2.45) is 13.0 Å². The van der Waals surface area contributed by atoms with Crippen LogP contribution in [0.1, 0.15) is 12.8 Å². The first-order valence-electron chi connectivity index (χ1n) is 7.89. The van der Waals surface area contributed by atoms with Crippen LogP contribution in [-0.2, 0) is 11.8 Å². The predicted molar refractivity (Wildman–Crippen MR) is 97.2 cm³/mol. The topological polar surface area (TPSA) is 67.2 Å². The van der Waals surface area contributed by atoms with Crippen molar-refractivity contribution >= 4 is 33.3 Å². The summed E-state index contributed by atoms with van der Waals surface area (Å²) in [5.41, 5.74) is 0.672. The number of hydrogen-bond acceptors (Lipinski definition) is 4. The van der Waals surface area contributed by atoms with Crippen LogP contribution in [0.25, 0.3) is 0 Å². The highest BCUT2D eigenvalue weighted by atomic mass is 79.9. The molecule has 0 bridgehead atoms. The number of carbonyl (C=O) groups is 1. The summed E-state index contributed by atoms with van der Waals surface area (Å²) < 4.78 is 2.21. The summed E-state index contributed by atoms with van der Waals surface area (Å²) in [6.07, 6.45) is 1.53. The zero-order valence-corrected chi connectivity index (χ0v) is 15.0. The van der Waals surface area contributed by atoms with Crippen molar-refractivity contribution in [1.82, 2.24) is 9.78 Å². The summed E-state index contributed by atoms with van der Waals surface area (Å²) in [4.78, 5) is 26.0. The average molecular weight is 391 g/mol.